The van der Waals surface area contributed by atoms with Crippen molar-refractivity contribution in [1.29, 1.82) is 0 Å². The van der Waals surface area contributed by atoms with Gasteiger partial charge in [0.15, 0.2) is 5.69 Å². The van der Waals surface area contributed by atoms with Crippen molar-refractivity contribution < 1.29 is 13.9 Å². The predicted molar refractivity (Wildman–Crippen MR) is 68.9 cm³/mol. The van der Waals surface area contributed by atoms with Crippen molar-refractivity contribution in [2.24, 2.45) is 0 Å². The summed E-state index contributed by atoms with van der Waals surface area (Å²) in [4.78, 5) is 17.4. The summed E-state index contributed by atoms with van der Waals surface area (Å²) in [6.45, 7) is 2.76. The molecule has 96 valence electrons. The molecule has 2 heterocycles. The minimum absolute atomic E-state index is 0.198. The first-order valence-corrected chi connectivity index (χ1v) is 6.50. The largest absolute Gasteiger partial charge is 0.461 e. The third kappa shape index (κ3) is 2.89. The Morgan fingerprint density at radius 3 is 3.11 bits per heavy atom. The Kier molecular flexibility index (Phi) is 3.99. The van der Waals surface area contributed by atoms with Crippen LogP contribution in [0.15, 0.2) is 27.5 Å². The van der Waals surface area contributed by atoms with Crippen LogP contribution < -0.4 is 4.90 Å². The normalized spacial score (nSPS) is 10.3. The van der Waals surface area contributed by atoms with Crippen LogP contribution >= 0.6 is 11.3 Å². The van der Waals surface area contributed by atoms with Crippen LogP contribution in [0, 0.1) is 0 Å². The maximum Gasteiger partial charge on any atom is 0.360 e. The number of esters is 1. The lowest BCUT2D eigenvalue weighted by Crippen LogP contribution is -2.16. The minimum atomic E-state index is -0.462. The fourth-order valence-corrected chi connectivity index (χ4v) is 2.12. The molecule has 2 aromatic rings. The molecule has 0 unspecified atom stereocenters. The minimum Gasteiger partial charge on any atom is -0.461 e. The highest BCUT2D eigenvalue weighted by Gasteiger charge is 2.15. The summed E-state index contributed by atoms with van der Waals surface area (Å²) in [5, 5.41) is 4.08. The van der Waals surface area contributed by atoms with E-state index in [1.165, 1.54) is 11.8 Å². The molecule has 0 amide bonds. The zero-order valence-electron chi connectivity index (χ0n) is 10.3. The second kappa shape index (κ2) is 5.68. The van der Waals surface area contributed by atoms with Crippen LogP contribution in [0.5, 0.6) is 0 Å². The zero-order valence-corrected chi connectivity index (χ0v) is 11.1. The van der Waals surface area contributed by atoms with Crippen LogP contribution in [0.4, 0.5) is 6.01 Å². The van der Waals surface area contributed by atoms with Gasteiger partial charge >= 0.3 is 5.97 Å². The molecular formula is C12H14N2O3S. The molecule has 0 aliphatic rings. The van der Waals surface area contributed by atoms with Crippen molar-refractivity contribution in [3.05, 3.63) is 34.3 Å². The van der Waals surface area contributed by atoms with E-state index in [1.54, 1.807) is 18.3 Å². The van der Waals surface area contributed by atoms with Crippen LogP contribution in [0.25, 0.3) is 0 Å². The molecule has 0 aromatic carbocycles. The number of nitrogens with zero attached hydrogens (tertiary/aromatic N) is 2. The smallest absolute Gasteiger partial charge is 0.360 e. The lowest BCUT2D eigenvalue weighted by atomic mass is 10.3. The van der Waals surface area contributed by atoms with Gasteiger partial charge in [0.1, 0.15) is 6.26 Å². The third-order valence-electron chi connectivity index (χ3n) is 2.30. The first kappa shape index (κ1) is 12.6. The van der Waals surface area contributed by atoms with Gasteiger partial charge in [-0.15, -0.1) is 0 Å². The van der Waals surface area contributed by atoms with Crippen LogP contribution in [-0.2, 0) is 11.3 Å². The highest BCUT2D eigenvalue weighted by molar-refractivity contribution is 7.07. The molecule has 0 aliphatic heterocycles. The van der Waals surface area contributed by atoms with Gasteiger partial charge in [0, 0.05) is 13.6 Å². The molecule has 2 rings (SSSR count). The number of carbonyl (C=O) groups is 1. The average Bonchev–Trinajstić information content (AvgIpc) is 2.99. The molecule has 0 saturated heterocycles. The zero-order chi connectivity index (χ0) is 13.0. The van der Waals surface area contributed by atoms with Crippen molar-refractivity contribution >= 4 is 23.3 Å². The Labute approximate surface area is 109 Å². The summed E-state index contributed by atoms with van der Waals surface area (Å²) in [6, 6.07) is 2.44. The second-order valence-corrected chi connectivity index (χ2v) is 4.50. The van der Waals surface area contributed by atoms with Crippen molar-refractivity contribution in [2.45, 2.75) is 13.5 Å². The molecule has 0 saturated carbocycles. The first-order chi connectivity index (χ1) is 8.70. The number of ether oxygens (including phenoxy) is 1. The molecular weight excluding hydrogens is 252 g/mol. The first-order valence-electron chi connectivity index (χ1n) is 5.55. The number of rotatable bonds is 5. The van der Waals surface area contributed by atoms with Gasteiger partial charge in [-0.1, -0.05) is 0 Å². The van der Waals surface area contributed by atoms with Crippen LogP contribution in [0.3, 0.4) is 0 Å². The van der Waals surface area contributed by atoms with E-state index in [4.69, 9.17) is 9.15 Å². The van der Waals surface area contributed by atoms with Crippen LogP contribution in [0.2, 0.25) is 0 Å². The summed E-state index contributed by atoms with van der Waals surface area (Å²) in [6.07, 6.45) is 1.32. The van der Waals surface area contributed by atoms with E-state index >= 15 is 0 Å². The maximum atomic E-state index is 11.4. The predicted octanol–water partition coefficient (Wildman–Crippen LogP) is 2.55. The highest BCUT2D eigenvalue weighted by Crippen LogP contribution is 2.16. The molecule has 0 aliphatic carbocycles. The summed E-state index contributed by atoms with van der Waals surface area (Å²) in [7, 11) is 1.86. The lowest BCUT2D eigenvalue weighted by molar-refractivity contribution is 0.0519. The van der Waals surface area contributed by atoms with Crippen molar-refractivity contribution in [3.63, 3.8) is 0 Å². The average molecular weight is 266 g/mol. The van der Waals surface area contributed by atoms with Gasteiger partial charge in [-0.05, 0) is 29.3 Å². The third-order valence-corrected chi connectivity index (χ3v) is 3.04. The van der Waals surface area contributed by atoms with Gasteiger partial charge in [-0.3, -0.25) is 0 Å². The fraction of sp³-hybridized carbons (Fsp3) is 0.333. The molecule has 0 N–H and O–H groups in total. The summed E-state index contributed by atoms with van der Waals surface area (Å²) in [5.41, 5.74) is 1.38. The SMILES string of the molecule is CCOC(=O)c1coc(N(C)Cc2ccsc2)n1. The number of hydrogen-bond donors (Lipinski definition) is 0. The molecule has 0 fully saturated rings. The Balaban J connectivity index is 2.03. The van der Waals surface area contributed by atoms with Gasteiger partial charge in [0.25, 0.3) is 6.01 Å². The number of carbonyl (C=O) groups excluding carboxylic acids is 1. The standard InChI is InChI=1S/C12H14N2O3S/c1-3-16-11(15)10-7-17-12(13-10)14(2)6-9-4-5-18-8-9/h4-5,7-8H,3,6H2,1-2H3. The molecule has 2 aromatic heterocycles. The van der Waals surface area contributed by atoms with Crippen LogP contribution in [-0.4, -0.2) is 24.6 Å². The summed E-state index contributed by atoms with van der Waals surface area (Å²) in [5.74, 6) is -0.462. The Hall–Kier alpha value is -1.82. The number of aromatic nitrogens is 1. The van der Waals surface area contributed by atoms with Gasteiger partial charge < -0.3 is 14.1 Å². The fourth-order valence-electron chi connectivity index (χ4n) is 1.46. The quantitative estimate of drug-likeness (QED) is 0.778. The van der Waals surface area contributed by atoms with Gasteiger partial charge in [0.2, 0.25) is 0 Å². The van der Waals surface area contributed by atoms with E-state index in [2.05, 4.69) is 10.4 Å². The topological polar surface area (TPSA) is 55.6 Å². The van der Waals surface area contributed by atoms with E-state index < -0.39 is 5.97 Å². The van der Waals surface area contributed by atoms with Gasteiger partial charge in [-0.2, -0.15) is 16.3 Å². The number of hydrogen-bond acceptors (Lipinski definition) is 6. The van der Waals surface area contributed by atoms with Crippen molar-refractivity contribution in [3.8, 4) is 0 Å². The summed E-state index contributed by atoms with van der Waals surface area (Å²) >= 11 is 1.64. The summed E-state index contributed by atoms with van der Waals surface area (Å²) < 4.78 is 10.1. The second-order valence-electron chi connectivity index (χ2n) is 3.72. The molecule has 0 bridgehead atoms. The number of thiophene rings is 1. The van der Waals surface area contributed by atoms with Gasteiger partial charge in [-0.25, -0.2) is 4.79 Å². The Bertz CT molecular complexity index is 507. The molecule has 0 radical (unpaired) electrons. The van der Waals surface area contributed by atoms with E-state index in [9.17, 15) is 4.79 Å². The van der Waals surface area contributed by atoms with Gasteiger partial charge in [0.05, 0.1) is 6.61 Å². The molecule has 18 heavy (non-hydrogen) atoms. The number of anilines is 1. The van der Waals surface area contributed by atoms with Crippen molar-refractivity contribution in [1.82, 2.24) is 4.98 Å². The van der Waals surface area contributed by atoms with E-state index in [0.717, 1.165) is 0 Å². The highest BCUT2D eigenvalue weighted by atomic mass is 32.1. The number of oxazole rings is 1. The Morgan fingerprint density at radius 2 is 2.44 bits per heavy atom. The Morgan fingerprint density at radius 1 is 1.61 bits per heavy atom. The molecule has 0 atom stereocenters. The maximum absolute atomic E-state index is 11.4. The van der Waals surface area contributed by atoms with Crippen LogP contribution in [0.1, 0.15) is 23.0 Å². The monoisotopic (exact) mass is 266 g/mol. The molecule has 5 nitrogen and oxygen atoms in total. The molecule has 6 heteroatoms. The van der Waals surface area contributed by atoms with E-state index in [-0.39, 0.29) is 5.69 Å². The van der Waals surface area contributed by atoms with E-state index in [0.29, 0.717) is 19.2 Å². The van der Waals surface area contributed by atoms with Crippen molar-refractivity contribution in [2.75, 3.05) is 18.6 Å². The molecule has 0 spiro atoms. The van der Waals surface area contributed by atoms with E-state index in [1.807, 2.05) is 23.4 Å². The lowest BCUT2D eigenvalue weighted by Gasteiger charge is -2.12.